The van der Waals surface area contributed by atoms with E-state index in [-0.39, 0.29) is 5.91 Å². The number of pyridine rings is 1. The number of benzene rings is 1. The number of carbonyl (C=O) groups is 1. The van der Waals surface area contributed by atoms with E-state index in [2.05, 4.69) is 42.2 Å². The molecule has 0 saturated heterocycles. The van der Waals surface area contributed by atoms with Crippen LogP contribution in [0.25, 0.3) is 0 Å². The first kappa shape index (κ1) is 13.5. The largest absolute Gasteiger partial charge is 0.321 e. The molecule has 0 bridgehead atoms. The van der Waals surface area contributed by atoms with Crippen LogP contribution in [0.3, 0.4) is 0 Å². The third kappa shape index (κ3) is 2.91. The maximum Gasteiger partial charge on any atom is 0.257 e. The van der Waals surface area contributed by atoms with Gasteiger partial charge in [-0.2, -0.15) is 0 Å². The molecule has 0 radical (unpaired) electrons. The van der Waals surface area contributed by atoms with Gasteiger partial charge in [0.25, 0.3) is 5.91 Å². The summed E-state index contributed by atoms with van der Waals surface area (Å²) in [4.78, 5) is 16.0. The Morgan fingerprint density at radius 3 is 2.72 bits per heavy atom. The van der Waals surface area contributed by atoms with Gasteiger partial charge in [0.2, 0.25) is 0 Å². The summed E-state index contributed by atoms with van der Waals surface area (Å²) in [6, 6.07) is 6.90. The van der Waals surface area contributed by atoms with E-state index in [1.165, 1.54) is 0 Å². The van der Waals surface area contributed by atoms with Gasteiger partial charge < -0.3 is 5.32 Å². The van der Waals surface area contributed by atoms with Gasteiger partial charge in [-0.05, 0) is 50.1 Å². The molecule has 2 rings (SSSR count). The van der Waals surface area contributed by atoms with Gasteiger partial charge in [0.1, 0.15) is 0 Å². The van der Waals surface area contributed by atoms with E-state index in [0.29, 0.717) is 25.2 Å². The molecule has 1 N–H and O–H groups in total. The SMILES string of the molecule is O=C(Nc1ccncc1Br)c1cccc(Br)c1Cl. The number of nitrogens with zero attached hydrogens (tertiary/aromatic N) is 1. The van der Waals surface area contributed by atoms with Crippen LogP contribution in [-0.2, 0) is 0 Å². The number of nitrogens with one attached hydrogen (secondary N) is 1. The molecule has 1 amide bonds. The van der Waals surface area contributed by atoms with E-state index in [0.717, 1.165) is 0 Å². The molecule has 92 valence electrons. The highest BCUT2D eigenvalue weighted by Crippen LogP contribution is 2.27. The second kappa shape index (κ2) is 5.82. The smallest absolute Gasteiger partial charge is 0.257 e. The van der Waals surface area contributed by atoms with Crippen molar-refractivity contribution in [3.63, 3.8) is 0 Å². The zero-order valence-corrected chi connectivity index (χ0v) is 12.9. The predicted octanol–water partition coefficient (Wildman–Crippen LogP) is 4.51. The molecule has 2 aromatic rings. The Bertz CT molecular complexity index is 604. The fraction of sp³-hybridized carbons (Fsp3) is 0. The van der Waals surface area contributed by atoms with Crippen molar-refractivity contribution in [2.24, 2.45) is 0 Å². The summed E-state index contributed by atoms with van der Waals surface area (Å²) in [5.41, 5.74) is 1.06. The minimum atomic E-state index is -0.270. The lowest BCUT2D eigenvalue weighted by Crippen LogP contribution is -2.13. The molecule has 1 aromatic heterocycles. The van der Waals surface area contributed by atoms with Crippen molar-refractivity contribution in [3.8, 4) is 0 Å². The lowest BCUT2D eigenvalue weighted by Gasteiger charge is -2.08. The van der Waals surface area contributed by atoms with Crippen molar-refractivity contribution in [2.45, 2.75) is 0 Å². The summed E-state index contributed by atoms with van der Waals surface area (Å²) >= 11 is 12.7. The summed E-state index contributed by atoms with van der Waals surface area (Å²) in [6.07, 6.45) is 3.21. The molecule has 0 unspecified atom stereocenters. The summed E-state index contributed by atoms with van der Waals surface area (Å²) in [5.74, 6) is -0.270. The number of anilines is 1. The molecule has 0 spiro atoms. The van der Waals surface area contributed by atoms with Gasteiger partial charge in [-0.25, -0.2) is 0 Å². The van der Waals surface area contributed by atoms with Gasteiger partial charge in [-0.15, -0.1) is 0 Å². The van der Waals surface area contributed by atoms with Crippen molar-refractivity contribution in [3.05, 3.63) is 56.2 Å². The van der Waals surface area contributed by atoms with Gasteiger partial charge >= 0.3 is 0 Å². The van der Waals surface area contributed by atoms with Crippen LogP contribution in [0.5, 0.6) is 0 Å². The first-order valence-corrected chi connectivity index (χ1v) is 6.91. The van der Waals surface area contributed by atoms with Crippen LogP contribution in [0.4, 0.5) is 5.69 Å². The average Bonchev–Trinajstić information content (AvgIpc) is 2.35. The highest BCUT2D eigenvalue weighted by atomic mass is 79.9. The highest BCUT2D eigenvalue weighted by molar-refractivity contribution is 9.11. The van der Waals surface area contributed by atoms with Crippen LogP contribution in [0.15, 0.2) is 45.6 Å². The summed E-state index contributed by atoms with van der Waals surface area (Å²) in [7, 11) is 0. The van der Waals surface area contributed by atoms with Crippen molar-refractivity contribution in [1.29, 1.82) is 0 Å². The van der Waals surface area contributed by atoms with Gasteiger partial charge in [-0.3, -0.25) is 9.78 Å². The topological polar surface area (TPSA) is 42.0 Å². The average molecular weight is 390 g/mol. The van der Waals surface area contributed by atoms with Crippen LogP contribution in [0, 0.1) is 0 Å². The van der Waals surface area contributed by atoms with E-state index in [4.69, 9.17) is 11.6 Å². The maximum absolute atomic E-state index is 12.1. The molecule has 0 fully saturated rings. The predicted molar refractivity (Wildman–Crippen MR) is 79.0 cm³/mol. The van der Waals surface area contributed by atoms with E-state index in [1.54, 1.807) is 36.7 Å². The Kier molecular flexibility index (Phi) is 4.37. The number of hydrogen-bond acceptors (Lipinski definition) is 2. The summed E-state index contributed by atoms with van der Waals surface area (Å²) in [6.45, 7) is 0. The first-order valence-electron chi connectivity index (χ1n) is 4.94. The second-order valence-electron chi connectivity index (χ2n) is 3.41. The van der Waals surface area contributed by atoms with Crippen LogP contribution < -0.4 is 5.32 Å². The minimum Gasteiger partial charge on any atom is -0.321 e. The van der Waals surface area contributed by atoms with Crippen LogP contribution in [-0.4, -0.2) is 10.9 Å². The number of halogens is 3. The molecule has 3 nitrogen and oxygen atoms in total. The molecule has 1 heterocycles. The van der Waals surface area contributed by atoms with Gasteiger partial charge in [0, 0.05) is 16.9 Å². The second-order valence-corrected chi connectivity index (χ2v) is 5.50. The maximum atomic E-state index is 12.1. The zero-order chi connectivity index (χ0) is 13.1. The van der Waals surface area contributed by atoms with E-state index >= 15 is 0 Å². The first-order chi connectivity index (χ1) is 8.59. The normalized spacial score (nSPS) is 10.2. The summed E-state index contributed by atoms with van der Waals surface area (Å²) in [5, 5.41) is 3.15. The molecule has 0 atom stereocenters. The molecule has 0 saturated carbocycles. The third-order valence-corrected chi connectivity index (χ3v) is 4.15. The Hall–Kier alpha value is -0.910. The number of amides is 1. The molecular formula is C12H7Br2ClN2O. The van der Waals surface area contributed by atoms with Crippen LogP contribution in [0.2, 0.25) is 5.02 Å². The molecular weight excluding hydrogens is 383 g/mol. The Morgan fingerprint density at radius 2 is 2.00 bits per heavy atom. The van der Waals surface area contributed by atoms with E-state index < -0.39 is 0 Å². The molecule has 0 aliphatic heterocycles. The van der Waals surface area contributed by atoms with Crippen LogP contribution in [0.1, 0.15) is 10.4 Å². The number of carbonyl (C=O) groups excluding carboxylic acids is 1. The van der Waals surface area contributed by atoms with Gasteiger partial charge in [0.05, 0.1) is 20.7 Å². The number of rotatable bonds is 2. The van der Waals surface area contributed by atoms with Crippen molar-refractivity contribution >= 4 is 55.1 Å². The lowest BCUT2D eigenvalue weighted by molar-refractivity contribution is 0.102. The fourth-order valence-corrected chi connectivity index (χ4v) is 2.27. The summed E-state index contributed by atoms with van der Waals surface area (Å²) < 4.78 is 1.40. The van der Waals surface area contributed by atoms with Gasteiger partial charge in [-0.1, -0.05) is 17.7 Å². The van der Waals surface area contributed by atoms with Crippen molar-refractivity contribution < 1.29 is 4.79 Å². The van der Waals surface area contributed by atoms with E-state index in [9.17, 15) is 4.79 Å². The Morgan fingerprint density at radius 1 is 1.22 bits per heavy atom. The highest BCUT2D eigenvalue weighted by Gasteiger charge is 2.13. The lowest BCUT2D eigenvalue weighted by atomic mass is 10.2. The Balaban J connectivity index is 2.28. The molecule has 0 aliphatic carbocycles. The zero-order valence-electron chi connectivity index (χ0n) is 8.95. The van der Waals surface area contributed by atoms with Crippen LogP contribution >= 0.6 is 43.5 Å². The molecule has 0 aliphatic rings. The van der Waals surface area contributed by atoms with E-state index in [1.807, 2.05) is 0 Å². The van der Waals surface area contributed by atoms with Crippen molar-refractivity contribution in [1.82, 2.24) is 4.98 Å². The number of hydrogen-bond donors (Lipinski definition) is 1. The monoisotopic (exact) mass is 388 g/mol. The number of aromatic nitrogens is 1. The fourth-order valence-electron chi connectivity index (χ4n) is 1.35. The standard InChI is InChI=1S/C12H7Br2ClN2O/c13-8-3-1-2-7(11(8)15)12(18)17-10-4-5-16-6-9(10)14/h1-6H,(H,16,17,18). The third-order valence-electron chi connectivity index (χ3n) is 2.22. The molecule has 1 aromatic carbocycles. The quantitative estimate of drug-likeness (QED) is 0.820. The Labute approximate surface area is 126 Å². The minimum absolute atomic E-state index is 0.270. The van der Waals surface area contributed by atoms with Crippen molar-refractivity contribution in [2.75, 3.05) is 5.32 Å². The van der Waals surface area contributed by atoms with Gasteiger partial charge in [0.15, 0.2) is 0 Å². The molecule has 18 heavy (non-hydrogen) atoms. The molecule has 6 heteroatoms.